The summed E-state index contributed by atoms with van der Waals surface area (Å²) in [5.41, 5.74) is 0. The third-order valence-electron chi connectivity index (χ3n) is 3.90. The molecule has 1 aliphatic heterocycles. The summed E-state index contributed by atoms with van der Waals surface area (Å²) in [7, 11) is 1.71. The lowest BCUT2D eigenvalue weighted by atomic mass is 10.1. The molecule has 2 aromatic rings. The average Bonchev–Trinajstić information content (AvgIpc) is 3.16. The number of aryl methyl sites for hydroxylation is 2. The van der Waals surface area contributed by atoms with E-state index in [1.165, 1.54) is 11.3 Å². The molecule has 0 radical (unpaired) electrons. The second-order valence-electron chi connectivity index (χ2n) is 5.69. The monoisotopic (exact) mass is 496 g/mol. The van der Waals surface area contributed by atoms with E-state index in [4.69, 9.17) is 11.6 Å². The molecular formula is C15H22ClIN6OS. The Labute approximate surface area is 172 Å². The van der Waals surface area contributed by atoms with E-state index < -0.39 is 6.10 Å². The molecule has 2 unspecified atom stereocenters. The Balaban J connectivity index is 0.00000225. The number of aliphatic hydroxyl groups excluding tert-OH is 1. The molecule has 0 bridgehead atoms. The maximum absolute atomic E-state index is 10.2. The molecule has 1 aliphatic rings. The zero-order chi connectivity index (χ0) is 17.1. The predicted molar refractivity (Wildman–Crippen MR) is 111 cm³/mol. The van der Waals surface area contributed by atoms with Crippen LogP contribution in [-0.4, -0.2) is 39.4 Å². The van der Waals surface area contributed by atoms with Gasteiger partial charge in [0.2, 0.25) is 0 Å². The number of hydrogen-bond acceptors (Lipinski definition) is 5. The highest BCUT2D eigenvalue weighted by Gasteiger charge is 2.24. The Morgan fingerprint density at radius 2 is 2.36 bits per heavy atom. The summed E-state index contributed by atoms with van der Waals surface area (Å²) >= 11 is 7.29. The van der Waals surface area contributed by atoms with Crippen molar-refractivity contribution in [1.29, 1.82) is 0 Å². The number of guanidine groups is 1. The van der Waals surface area contributed by atoms with Gasteiger partial charge in [0.1, 0.15) is 17.8 Å². The van der Waals surface area contributed by atoms with Crippen molar-refractivity contribution in [2.75, 3.05) is 13.6 Å². The fourth-order valence-electron chi connectivity index (χ4n) is 2.77. The summed E-state index contributed by atoms with van der Waals surface area (Å²) in [6.45, 7) is 3.16. The fraction of sp³-hybridized carbons (Fsp3) is 0.533. The van der Waals surface area contributed by atoms with E-state index in [9.17, 15) is 5.11 Å². The molecule has 2 atom stereocenters. The van der Waals surface area contributed by atoms with Gasteiger partial charge in [-0.05, 0) is 31.9 Å². The molecule has 0 saturated carbocycles. The van der Waals surface area contributed by atoms with E-state index in [1.54, 1.807) is 13.1 Å². The number of thiophene rings is 1. The van der Waals surface area contributed by atoms with E-state index >= 15 is 0 Å². The molecule has 10 heteroatoms. The largest absolute Gasteiger partial charge is 0.386 e. The van der Waals surface area contributed by atoms with Gasteiger partial charge in [-0.25, -0.2) is 9.67 Å². The average molecular weight is 497 g/mol. The zero-order valence-corrected chi connectivity index (χ0v) is 18.0. The number of rotatable bonds is 4. The highest BCUT2D eigenvalue weighted by molar-refractivity contribution is 14.0. The minimum Gasteiger partial charge on any atom is -0.386 e. The number of aliphatic hydroxyl groups is 1. The minimum absolute atomic E-state index is 0. The number of nitrogens with zero attached hydrogens (tertiary/aromatic N) is 4. The van der Waals surface area contributed by atoms with E-state index in [2.05, 4.69) is 25.7 Å². The molecule has 7 nitrogen and oxygen atoms in total. The van der Waals surface area contributed by atoms with Crippen molar-refractivity contribution in [3.63, 3.8) is 0 Å². The summed E-state index contributed by atoms with van der Waals surface area (Å²) in [6.07, 6.45) is 1.39. The summed E-state index contributed by atoms with van der Waals surface area (Å²) in [6, 6.07) is 3.69. The highest BCUT2D eigenvalue weighted by Crippen LogP contribution is 2.26. The van der Waals surface area contributed by atoms with Gasteiger partial charge in [-0.1, -0.05) is 11.6 Å². The van der Waals surface area contributed by atoms with Crippen molar-refractivity contribution in [2.24, 2.45) is 4.99 Å². The second kappa shape index (κ2) is 9.15. The first-order valence-corrected chi connectivity index (χ1v) is 9.08. The van der Waals surface area contributed by atoms with Crippen molar-refractivity contribution in [1.82, 2.24) is 25.4 Å². The molecular weight excluding hydrogens is 475 g/mol. The standard InChI is InChI=1S/C15H21ClN6OS.HI/c1-9-19-14-10(4-3-7-22(14)21-9)20-15(17-2)18-8-11(23)12-5-6-13(16)24-12;/h5-6,10-11,23H,3-4,7-8H2,1-2H3,(H2,17,18,20);1H. The van der Waals surface area contributed by atoms with Crippen LogP contribution in [0.25, 0.3) is 0 Å². The smallest absolute Gasteiger partial charge is 0.191 e. The Hall–Kier alpha value is -0.910. The van der Waals surface area contributed by atoms with Gasteiger partial charge in [-0.15, -0.1) is 35.3 Å². The van der Waals surface area contributed by atoms with Crippen molar-refractivity contribution in [3.8, 4) is 0 Å². The van der Waals surface area contributed by atoms with Gasteiger partial charge < -0.3 is 15.7 Å². The second-order valence-corrected chi connectivity index (χ2v) is 7.44. The van der Waals surface area contributed by atoms with Gasteiger partial charge >= 0.3 is 0 Å². The van der Waals surface area contributed by atoms with Crippen molar-refractivity contribution < 1.29 is 5.11 Å². The number of hydrogen-bond donors (Lipinski definition) is 3. The molecule has 138 valence electrons. The topological polar surface area (TPSA) is 87.4 Å². The predicted octanol–water partition coefficient (Wildman–Crippen LogP) is 2.65. The van der Waals surface area contributed by atoms with E-state index in [0.717, 1.165) is 35.9 Å². The Kier molecular flexibility index (Phi) is 7.47. The summed E-state index contributed by atoms with van der Waals surface area (Å²) < 4.78 is 2.62. The first-order chi connectivity index (χ1) is 11.6. The summed E-state index contributed by atoms with van der Waals surface area (Å²) in [5, 5.41) is 21.2. The van der Waals surface area contributed by atoms with Gasteiger partial charge in [0.05, 0.1) is 10.4 Å². The quantitative estimate of drug-likeness (QED) is 0.344. The molecule has 3 heterocycles. The zero-order valence-electron chi connectivity index (χ0n) is 14.1. The highest BCUT2D eigenvalue weighted by atomic mass is 127. The molecule has 3 rings (SSSR count). The maximum Gasteiger partial charge on any atom is 0.191 e. The molecule has 0 amide bonds. The van der Waals surface area contributed by atoms with Crippen LogP contribution in [0.2, 0.25) is 4.34 Å². The lowest BCUT2D eigenvalue weighted by molar-refractivity contribution is 0.184. The summed E-state index contributed by atoms with van der Waals surface area (Å²) in [4.78, 5) is 9.58. The van der Waals surface area contributed by atoms with E-state index in [1.807, 2.05) is 17.7 Å². The van der Waals surface area contributed by atoms with Crippen molar-refractivity contribution in [2.45, 2.75) is 38.5 Å². The van der Waals surface area contributed by atoms with Crippen LogP contribution in [0.15, 0.2) is 17.1 Å². The number of aromatic nitrogens is 3. The van der Waals surface area contributed by atoms with Crippen LogP contribution in [0.3, 0.4) is 0 Å². The van der Waals surface area contributed by atoms with Gasteiger partial charge in [0.25, 0.3) is 0 Å². The fourth-order valence-corrected chi connectivity index (χ4v) is 3.81. The normalized spacial score (nSPS) is 18.2. The number of aliphatic imine (C=N–C) groups is 1. The van der Waals surface area contributed by atoms with E-state index in [-0.39, 0.29) is 30.0 Å². The first kappa shape index (κ1) is 20.4. The number of halogens is 2. The SMILES string of the molecule is CN=C(NCC(O)c1ccc(Cl)s1)NC1CCCn2nc(C)nc21.I. The van der Waals surface area contributed by atoms with Crippen molar-refractivity contribution >= 4 is 52.9 Å². The third-order valence-corrected chi connectivity index (χ3v) is 5.23. The van der Waals surface area contributed by atoms with Crippen LogP contribution in [0.5, 0.6) is 0 Å². The Morgan fingerprint density at radius 1 is 1.56 bits per heavy atom. The van der Waals surface area contributed by atoms with E-state index in [0.29, 0.717) is 16.8 Å². The van der Waals surface area contributed by atoms with Gasteiger partial charge in [-0.2, -0.15) is 5.10 Å². The van der Waals surface area contributed by atoms with Crippen LogP contribution >= 0.6 is 46.9 Å². The molecule has 0 spiro atoms. The molecule has 0 fully saturated rings. The lowest BCUT2D eigenvalue weighted by Gasteiger charge is -2.25. The lowest BCUT2D eigenvalue weighted by Crippen LogP contribution is -2.42. The van der Waals surface area contributed by atoms with Crippen LogP contribution in [0.4, 0.5) is 0 Å². The third kappa shape index (κ3) is 5.05. The molecule has 3 N–H and O–H groups in total. The van der Waals surface area contributed by atoms with Crippen molar-refractivity contribution in [3.05, 3.63) is 33.0 Å². The van der Waals surface area contributed by atoms with Gasteiger partial charge in [0, 0.05) is 25.0 Å². The number of fused-ring (bicyclic) bond motifs is 1. The molecule has 0 saturated heterocycles. The maximum atomic E-state index is 10.2. The Bertz CT molecular complexity index is 733. The molecule has 2 aromatic heterocycles. The van der Waals surface area contributed by atoms with Gasteiger partial charge in [-0.3, -0.25) is 4.99 Å². The molecule has 0 aliphatic carbocycles. The molecule has 25 heavy (non-hydrogen) atoms. The van der Waals surface area contributed by atoms with Crippen LogP contribution in [0.1, 0.15) is 41.5 Å². The summed E-state index contributed by atoms with van der Waals surface area (Å²) in [5.74, 6) is 2.36. The van der Waals surface area contributed by atoms with Gasteiger partial charge in [0.15, 0.2) is 5.96 Å². The van der Waals surface area contributed by atoms with Crippen LogP contribution in [-0.2, 0) is 6.54 Å². The number of nitrogens with one attached hydrogen (secondary N) is 2. The molecule has 0 aromatic carbocycles. The van der Waals surface area contributed by atoms with Crippen LogP contribution in [0, 0.1) is 6.92 Å². The minimum atomic E-state index is -0.627. The van der Waals surface area contributed by atoms with Crippen LogP contribution < -0.4 is 10.6 Å². The first-order valence-electron chi connectivity index (χ1n) is 7.88. The Morgan fingerprint density at radius 3 is 3.04 bits per heavy atom.